The smallest absolute Gasteiger partial charge is 0.169 e. The number of halogens is 1. The van der Waals surface area contributed by atoms with Crippen LogP contribution >= 0.6 is 27.7 Å². The number of sulfone groups is 1. The first-order chi connectivity index (χ1) is 8.39. The summed E-state index contributed by atoms with van der Waals surface area (Å²) < 4.78 is 24.6. The summed E-state index contributed by atoms with van der Waals surface area (Å²) in [5.41, 5.74) is 1.05. The molecule has 0 aliphatic carbocycles. The molecule has 0 bridgehead atoms. The van der Waals surface area contributed by atoms with E-state index in [1.165, 1.54) is 6.26 Å². The molecule has 1 aliphatic rings. The van der Waals surface area contributed by atoms with Crippen molar-refractivity contribution >= 4 is 43.3 Å². The number of thioether (sulfide) groups is 1. The van der Waals surface area contributed by atoms with E-state index in [1.54, 1.807) is 18.0 Å². The van der Waals surface area contributed by atoms with Gasteiger partial charge in [-0.2, -0.15) is 11.8 Å². The number of pyridine rings is 1. The van der Waals surface area contributed by atoms with Gasteiger partial charge >= 0.3 is 0 Å². The van der Waals surface area contributed by atoms with Crippen LogP contribution in [0.1, 0.15) is 5.56 Å². The predicted molar refractivity (Wildman–Crippen MR) is 80.0 cm³/mol. The van der Waals surface area contributed by atoms with Gasteiger partial charge in [-0.05, 0) is 34.5 Å². The third-order valence-electron chi connectivity index (χ3n) is 2.81. The van der Waals surface area contributed by atoms with Crippen molar-refractivity contribution in [1.82, 2.24) is 4.98 Å². The van der Waals surface area contributed by atoms with Crippen LogP contribution in [0.25, 0.3) is 0 Å². The van der Waals surface area contributed by atoms with Gasteiger partial charge in [-0.1, -0.05) is 0 Å². The highest BCUT2D eigenvalue weighted by molar-refractivity contribution is 9.10. The minimum atomic E-state index is -3.11. The molecule has 4 nitrogen and oxygen atoms in total. The summed E-state index contributed by atoms with van der Waals surface area (Å²) in [6.07, 6.45) is 3.06. The lowest BCUT2D eigenvalue weighted by Crippen LogP contribution is -2.47. The van der Waals surface area contributed by atoms with Crippen LogP contribution in [0, 0.1) is 6.92 Å². The Kier molecular flexibility index (Phi) is 4.23. The Hall–Kier alpha value is -0.270. The quantitative estimate of drug-likeness (QED) is 0.817. The van der Waals surface area contributed by atoms with E-state index in [9.17, 15) is 8.42 Å². The number of anilines is 1. The normalized spacial score (nSPS) is 21.1. The molecular formula is C11H15BrN2O2S2. The Labute approximate surface area is 120 Å². The first-order valence-corrected chi connectivity index (χ1v) is 9.45. The second kappa shape index (κ2) is 5.38. The van der Waals surface area contributed by atoms with Crippen LogP contribution in [0.4, 0.5) is 5.82 Å². The van der Waals surface area contributed by atoms with Gasteiger partial charge in [-0.25, -0.2) is 13.4 Å². The largest absolute Gasteiger partial charge is 0.337 e. The molecule has 0 amide bonds. The molecule has 0 N–H and O–H groups in total. The number of hydrogen-bond donors (Lipinski definition) is 0. The maximum Gasteiger partial charge on any atom is 0.169 e. The molecule has 7 heteroatoms. The van der Waals surface area contributed by atoms with Gasteiger partial charge in [-0.15, -0.1) is 0 Å². The number of hydrogen-bond acceptors (Lipinski definition) is 5. The van der Waals surface area contributed by atoms with Crippen LogP contribution < -0.4 is 4.90 Å². The number of aryl methyl sites for hydroxylation is 1. The van der Waals surface area contributed by atoms with Crippen LogP contribution in [-0.2, 0) is 9.84 Å². The van der Waals surface area contributed by atoms with Crippen molar-refractivity contribution in [2.45, 2.75) is 12.3 Å². The van der Waals surface area contributed by atoms with E-state index in [0.717, 1.165) is 21.6 Å². The fraction of sp³-hybridized carbons (Fsp3) is 0.545. The van der Waals surface area contributed by atoms with Crippen molar-refractivity contribution in [3.63, 3.8) is 0 Å². The van der Waals surface area contributed by atoms with Crippen molar-refractivity contribution in [3.05, 3.63) is 22.3 Å². The molecule has 1 unspecified atom stereocenters. The lowest BCUT2D eigenvalue weighted by molar-refractivity contribution is 0.583. The maximum atomic E-state index is 11.9. The third-order valence-corrected chi connectivity index (χ3v) is 6.04. The van der Waals surface area contributed by atoms with Crippen molar-refractivity contribution in [1.29, 1.82) is 0 Å². The van der Waals surface area contributed by atoms with Crippen molar-refractivity contribution in [2.24, 2.45) is 0 Å². The Balaban J connectivity index is 2.40. The van der Waals surface area contributed by atoms with Crippen molar-refractivity contribution < 1.29 is 8.42 Å². The second-order valence-electron chi connectivity index (χ2n) is 4.37. The molecule has 2 heterocycles. The van der Waals surface area contributed by atoms with E-state index < -0.39 is 15.2 Å². The van der Waals surface area contributed by atoms with Crippen LogP contribution in [0.2, 0.25) is 0 Å². The van der Waals surface area contributed by atoms with E-state index in [2.05, 4.69) is 20.9 Å². The highest BCUT2D eigenvalue weighted by Gasteiger charge is 2.32. The summed E-state index contributed by atoms with van der Waals surface area (Å²) in [4.78, 5) is 6.25. The molecule has 0 saturated carbocycles. The fourth-order valence-corrected chi connectivity index (χ4v) is 5.43. The lowest BCUT2D eigenvalue weighted by Gasteiger charge is -2.35. The van der Waals surface area contributed by atoms with E-state index in [4.69, 9.17) is 0 Å². The van der Waals surface area contributed by atoms with Crippen LogP contribution in [0.3, 0.4) is 0 Å². The monoisotopic (exact) mass is 350 g/mol. The zero-order valence-corrected chi connectivity index (χ0v) is 13.5. The van der Waals surface area contributed by atoms with Crippen LogP contribution in [0.5, 0.6) is 0 Å². The summed E-state index contributed by atoms with van der Waals surface area (Å²) in [5.74, 6) is 2.24. The Morgan fingerprint density at radius 3 is 2.89 bits per heavy atom. The molecule has 2 rings (SSSR count). The molecule has 1 fully saturated rings. The van der Waals surface area contributed by atoms with Gasteiger partial charge in [0.1, 0.15) is 11.2 Å². The Morgan fingerprint density at radius 1 is 1.56 bits per heavy atom. The van der Waals surface area contributed by atoms with Gasteiger partial charge in [0.25, 0.3) is 0 Å². The zero-order chi connectivity index (χ0) is 13.3. The highest BCUT2D eigenvalue weighted by atomic mass is 79.9. The van der Waals surface area contributed by atoms with E-state index in [1.807, 2.05) is 17.9 Å². The number of rotatable bonds is 2. The molecule has 1 atom stereocenters. The van der Waals surface area contributed by atoms with Gasteiger partial charge in [0, 0.05) is 30.5 Å². The molecule has 1 saturated heterocycles. The average Bonchev–Trinajstić information content (AvgIpc) is 2.28. The summed E-state index contributed by atoms with van der Waals surface area (Å²) in [6.45, 7) is 2.67. The molecule has 18 heavy (non-hydrogen) atoms. The fourth-order valence-electron chi connectivity index (χ4n) is 1.92. The molecule has 1 aliphatic heterocycles. The van der Waals surface area contributed by atoms with Gasteiger partial charge in [0.15, 0.2) is 9.84 Å². The zero-order valence-electron chi connectivity index (χ0n) is 10.3. The second-order valence-corrected chi connectivity index (χ2v) is 8.58. The number of aromatic nitrogens is 1. The minimum absolute atomic E-state index is 0.484. The minimum Gasteiger partial charge on any atom is -0.337 e. The molecule has 1 aromatic heterocycles. The van der Waals surface area contributed by atoms with Gasteiger partial charge in [0.2, 0.25) is 0 Å². The number of nitrogens with zero attached hydrogens (tertiary/aromatic N) is 2. The van der Waals surface area contributed by atoms with E-state index in [-0.39, 0.29) is 0 Å². The van der Waals surface area contributed by atoms with Gasteiger partial charge in [0.05, 0.1) is 4.47 Å². The third kappa shape index (κ3) is 3.00. The maximum absolute atomic E-state index is 11.9. The molecule has 0 spiro atoms. The summed E-state index contributed by atoms with van der Waals surface area (Å²) >= 11 is 5.14. The topological polar surface area (TPSA) is 50.3 Å². The molecule has 0 radical (unpaired) electrons. The highest BCUT2D eigenvalue weighted by Crippen LogP contribution is 2.31. The van der Waals surface area contributed by atoms with Crippen LogP contribution in [0.15, 0.2) is 16.7 Å². The Bertz CT molecular complexity index is 548. The van der Waals surface area contributed by atoms with Crippen molar-refractivity contribution in [3.8, 4) is 0 Å². The van der Waals surface area contributed by atoms with Crippen molar-refractivity contribution in [2.75, 3.05) is 29.2 Å². The van der Waals surface area contributed by atoms with Gasteiger partial charge in [-0.3, -0.25) is 0 Å². The average molecular weight is 351 g/mol. The van der Waals surface area contributed by atoms with E-state index >= 15 is 0 Å². The lowest BCUT2D eigenvalue weighted by atomic mass is 10.3. The molecule has 0 aromatic carbocycles. The summed E-state index contributed by atoms with van der Waals surface area (Å²) in [7, 11) is -3.11. The first-order valence-electron chi connectivity index (χ1n) is 5.55. The SMILES string of the molecule is Cc1cnc(N2CCSCC2S(C)(=O)=O)c(Br)c1. The standard InChI is InChI=1S/C11H15BrN2O2S2/c1-8-5-9(12)11(13-6-8)14-3-4-17-7-10(14)18(2,15)16/h5-6,10H,3-4,7H2,1-2H3. The van der Waals surface area contributed by atoms with Gasteiger partial charge < -0.3 is 4.90 Å². The molecular weight excluding hydrogens is 336 g/mol. The predicted octanol–water partition coefficient (Wildman–Crippen LogP) is 2.08. The molecule has 1 aromatic rings. The van der Waals surface area contributed by atoms with E-state index in [0.29, 0.717) is 12.3 Å². The Morgan fingerprint density at radius 2 is 2.28 bits per heavy atom. The summed E-state index contributed by atoms with van der Waals surface area (Å²) in [6, 6.07) is 1.96. The first kappa shape index (κ1) is 14.1. The summed E-state index contributed by atoms with van der Waals surface area (Å²) in [5, 5.41) is -0.484. The van der Waals surface area contributed by atoms with Crippen LogP contribution in [-0.4, -0.2) is 43.1 Å². The molecule has 100 valence electrons.